The maximum Gasteiger partial charge on any atom is 0.419 e. The van der Waals surface area contributed by atoms with E-state index in [-0.39, 0.29) is 13.1 Å². The summed E-state index contributed by atoms with van der Waals surface area (Å²) in [5, 5.41) is 12.4. The number of halogens is 3. The lowest BCUT2D eigenvalue weighted by molar-refractivity contribution is -0.253. The van der Waals surface area contributed by atoms with Crippen LogP contribution < -0.4 is 10.1 Å². The number of hydrogen-bond acceptors (Lipinski definition) is 4. The van der Waals surface area contributed by atoms with Crippen molar-refractivity contribution < 1.29 is 27.8 Å². The number of amides is 1. The third kappa shape index (κ3) is 3.27. The highest BCUT2D eigenvalue weighted by Gasteiger charge is 2.57. The Morgan fingerprint density at radius 1 is 1.45 bits per heavy atom. The summed E-state index contributed by atoms with van der Waals surface area (Å²) >= 11 is 0. The van der Waals surface area contributed by atoms with Crippen LogP contribution in [0.2, 0.25) is 0 Å². The number of benzene rings is 1. The second-order valence-electron chi connectivity index (χ2n) is 5.15. The minimum atomic E-state index is -4.74. The molecule has 1 aliphatic rings. The Hall–Kier alpha value is -1.96. The fourth-order valence-electron chi connectivity index (χ4n) is 2.31. The molecule has 1 aromatic carbocycles. The molecule has 1 atom stereocenters. The van der Waals surface area contributed by atoms with Crippen molar-refractivity contribution in [1.29, 1.82) is 0 Å². The summed E-state index contributed by atoms with van der Waals surface area (Å²) in [4.78, 5) is 13.0. The van der Waals surface area contributed by atoms with E-state index >= 15 is 0 Å². The van der Waals surface area contributed by atoms with E-state index in [1.165, 1.54) is 7.11 Å². The quantitative estimate of drug-likeness (QED) is 0.886. The summed E-state index contributed by atoms with van der Waals surface area (Å²) in [5.41, 5.74) is -2.24. The van der Waals surface area contributed by atoms with Crippen LogP contribution in [-0.2, 0) is 4.79 Å². The van der Waals surface area contributed by atoms with Crippen LogP contribution in [0.5, 0.6) is 5.75 Å². The molecule has 1 fully saturated rings. The van der Waals surface area contributed by atoms with Gasteiger partial charge in [-0.05, 0) is 12.1 Å². The van der Waals surface area contributed by atoms with Crippen LogP contribution in [0.25, 0.3) is 0 Å². The lowest BCUT2D eigenvalue weighted by atomic mass is 10.0. The Kier molecular flexibility index (Phi) is 4.50. The number of nitrogens with zero attached hydrogens (tertiary/aromatic N) is 1. The van der Waals surface area contributed by atoms with Gasteiger partial charge in [-0.1, -0.05) is 12.1 Å². The minimum Gasteiger partial charge on any atom is -0.495 e. The van der Waals surface area contributed by atoms with Crippen LogP contribution >= 0.6 is 0 Å². The summed E-state index contributed by atoms with van der Waals surface area (Å²) < 4.78 is 43.2. The number of likely N-dealkylation sites (tertiary alicyclic amines) is 1. The van der Waals surface area contributed by atoms with E-state index in [9.17, 15) is 23.1 Å². The van der Waals surface area contributed by atoms with Gasteiger partial charge in [0.15, 0.2) is 5.60 Å². The maximum atomic E-state index is 12.7. The molecular weight excluding hydrogens is 301 g/mol. The zero-order valence-corrected chi connectivity index (χ0v) is 12.0. The lowest BCUT2D eigenvalue weighted by Crippen LogP contribution is -2.48. The van der Waals surface area contributed by atoms with Gasteiger partial charge in [0, 0.05) is 13.0 Å². The number of carbonyl (C=O) groups excluding carboxylic acids is 1. The lowest BCUT2D eigenvalue weighted by Gasteiger charge is -2.26. The fourth-order valence-corrected chi connectivity index (χ4v) is 2.31. The predicted octanol–water partition coefficient (Wildman–Crippen LogP) is 1.63. The maximum absolute atomic E-state index is 12.7. The number of methoxy groups -OCH3 is 1. The number of aliphatic hydroxyl groups is 1. The van der Waals surface area contributed by atoms with E-state index in [0.29, 0.717) is 11.4 Å². The van der Waals surface area contributed by atoms with Crippen molar-refractivity contribution in [2.45, 2.75) is 18.2 Å². The molecule has 1 amide bonds. The highest BCUT2D eigenvalue weighted by molar-refractivity contribution is 5.81. The van der Waals surface area contributed by atoms with Crippen molar-refractivity contribution in [3.63, 3.8) is 0 Å². The molecule has 0 unspecified atom stereocenters. The number of carbonyl (C=O) groups is 1. The van der Waals surface area contributed by atoms with Gasteiger partial charge in [-0.15, -0.1) is 0 Å². The van der Waals surface area contributed by atoms with E-state index in [0.717, 1.165) is 4.90 Å². The number of ether oxygens (including phenoxy) is 1. The topological polar surface area (TPSA) is 61.8 Å². The van der Waals surface area contributed by atoms with Gasteiger partial charge >= 0.3 is 6.18 Å². The van der Waals surface area contributed by atoms with Gasteiger partial charge < -0.3 is 20.1 Å². The van der Waals surface area contributed by atoms with Crippen LogP contribution in [0.15, 0.2) is 24.3 Å². The highest BCUT2D eigenvalue weighted by Crippen LogP contribution is 2.37. The van der Waals surface area contributed by atoms with Gasteiger partial charge in [-0.3, -0.25) is 4.79 Å². The van der Waals surface area contributed by atoms with Crippen LogP contribution in [0, 0.1) is 0 Å². The third-order valence-electron chi connectivity index (χ3n) is 3.67. The molecule has 5 nitrogen and oxygen atoms in total. The monoisotopic (exact) mass is 318 g/mol. The Morgan fingerprint density at radius 3 is 2.73 bits per heavy atom. The number of para-hydroxylation sites is 2. The van der Waals surface area contributed by atoms with E-state index in [1.54, 1.807) is 24.3 Å². The first kappa shape index (κ1) is 16.4. The Bertz CT molecular complexity index is 550. The normalized spacial score (nSPS) is 21.8. The molecule has 0 aliphatic carbocycles. The predicted molar refractivity (Wildman–Crippen MR) is 73.7 cm³/mol. The molecule has 8 heteroatoms. The Balaban J connectivity index is 1.94. The minimum absolute atomic E-state index is 0.123. The molecule has 0 radical (unpaired) electrons. The van der Waals surface area contributed by atoms with E-state index in [2.05, 4.69) is 5.32 Å². The van der Waals surface area contributed by atoms with Gasteiger partial charge in [0.2, 0.25) is 5.91 Å². The summed E-state index contributed by atoms with van der Waals surface area (Å²) in [6.45, 7) is -1.03. The summed E-state index contributed by atoms with van der Waals surface area (Å²) in [6, 6.07) is 6.90. The van der Waals surface area contributed by atoms with Crippen molar-refractivity contribution in [2.75, 3.05) is 32.1 Å². The molecule has 1 aromatic rings. The van der Waals surface area contributed by atoms with E-state index in [4.69, 9.17) is 4.74 Å². The molecule has 1 saturated heterocycles. The average molecular weight is 318 g/mol. The van der Waals surface area contributed by atoms with Crippen molar-refractivity contribution in [3.8, 4) is 5.75 Å². The molecular formula is C14H17F3N2O3. The molecule has 0 spiro atoms. The van der Waals surface area contributed by atoms with Crippen LogP contribution in [0.1, 0.15) is 6.42 Å². The van der Waals surface area contributed by atoms with Gasteiger partial charge in [0.25, 0.3) is 0 Å². The first-order chi connectivity index (χ1) is 10.3. The number of alkyl halides is 3. The second-order valence-corrected chi connectivity index (χ2v) is 5.15. The summed E-state index contributed by atoms with van der Waals surface area (Å²) in [7, 11) is 1.48. The first-order valence-corrected chi connectivity index (χ1v) is 6.70. The number of β-amino-alcohol motifs (C(OH)–C–C–N with tert-alkyl or cyclic N) is 1. The summed E-state index contributed by atoms with van der Waals surface area (Å²) in [5.74, 6) is 0.0228. The van der Waals surface area contributed by atoms with E-state index < -0.39 is 30.7 Å². The van der Waals surface area contributed by atoms with Crippen LogP contribution in [0.4, 0.5) is 18.9 Å². The van der Waals surface area contributed by atoms with Gasteiger partial charge in [-0.25, -0.2) is 0 Å². The van der Waals surface area contributed by atoms with Crippen molar-refractivity contribution in [2.24, 2.45) is 0 Å². The second kappa shape index (κ2) is 6.04. The summed E-state index contributed by atoms with van der Waals surface area (Å²) in [6.07, 6.45) is -5.24. The molecule has 122 valence electrons. The van der Waals surface area contributed by atoms with Crippen molar-refractivity contribution in [3.05, 3.63) is 24.3 Å². The zero-order chi connectivity index (χ0) is 16.4. The number of hydrogen-bond donors (Lipinski definition) is 2. The molecule has 2 rings (SSSR count). The number of anilines is 1. The number of rotatable bonds is 4. The smallest absolute Gasteiger partial charge is 0.419 e. The zero-order valence-electron chi connectivity index (χ0n) is 12.0. The van der Waals surface area contributed by atoms with Crippen molar-refractivity contribution in [1.82, 2.24) is 4.90 Å². The molecule has 0 aromatic heterocycles. The molecule has 1 heterocycles. The molecule has 2 N–H and O–H groups in total. The van der Waals surface area contributed by atoms with Crippen LogP contribution in [0.3, 0.4) is 0 Å². The van der Waals surface area contributed by atoms with Crippen molar-refractivity contribution >= 4 is 11.6 Å². The highest BCUT2D eigenvalue weighted by atomic mass is 19.4. The van der Waals surface area contributed by atoms with Crippen LogP contribution in [-0.4, -0.2) is 54.4 Å². The fraction of sp³-hybridized carbons (Fsp3) is 0.500. The van der Waals surface area contributed by atoms with E-state index in [1.807, 2.05) is 0 Å². The van der Waals surface area contributed by atoms with Gasteiger partial charge in [0.05, 0.1) is 25.9 Å². The van der Waals surface area contributed by atoms with Gasteiger partial charge in [0.1, 0.15) is 5.75 Å². The molecule has 22 heavy (non-hydrogen) atoms. The molecule has 0 bridgehead atoms. The van der Waals surface area contributed by atoms with Gasteiger partial charge in [-0.2, -0.15) is 13.2 Å². The average Bonchev–Trinajstić information content (AvgIpc) is 2.88. The number of nitrogens with one attached hydrogen (secondary N) is 1. The first-order valence-electron chi connectivity index (χ1n) is 6.70. The standard InChI is InChI=1S/C14H17F3N2O3/c1-22-11-5-3-2-4-10(11)18-8-12(20)19-7-6-13(21,9-19)14(15,16)17/h2-5,18,21H,6-9H2,1H3/t13-/m1/s1. The Morgan fingerprint density at radius 2 is 2.14 bits per heavy atom. The Labute approximate surface area is 125 Å². The molecule has 0 saturated carbocycles. The largest absolute Gasteiger partial charge is 0.495 e. The third-order valence-corrected chi connectivity index (χ3v) is 3.67. The molecule has 1 aliphatic heterocycles. The SMILES string of the molecule is COc1ccccc1NCC(=O)N1CC[C@](O)(C(F)(F)F)C1.